The van der Waals surface area contributed by atoms with Gasteiger partial charge in [0.25, 0.3) is 0 Å². The predicted molar refractivity (Wildman–Crippen MR) is 220 cm³/mol. The number of anilines is 3. The highest BCUT2D eigenvalue weighted by atomic mass is 16.3. The van der Waals surface area contributed by atoms with Gasteiger partial charge in [0.15, 0.2) is 0 Å². The molecule has 0 unspecified atom stereocenters. The van der Waals surface area contributed by atoms with Gasteiger partial charge in [-0.2, -0.15) is 0 Å². The van der Waals surface area contributed by atoms with Crippen LogP contribution in [0.5, 0.6) is 0 Å². The van der Waals surface area contributed by atoms with Crippen LogP contribution in [0, 0.1) is 0 Å². The molecule has 2 heteroatoms. The summed E-state index contributed by atoms with van der Waals surface area (Å²) in [6.45, 7) is 0. The van der Waals surface area contributed by atoms with E-state index in [4.69, 9.17) is 11.3 Å². The molecule has 0 fully saturated rings. The SMILES string of the molecule is [2H]c1c([2H])c([2H])c(-c2c([2H])c([2H])c(N(c3ccc(-c4cccc5ccccc45)cc3)c3cccc(-c4cccc5oc6c7ccccc7ccc6c45)c3)c([2H])c2[2H])c([2H])c1[2H]. The summed E-state index contributed by atoms with van der Waals surface area (Å²) in [6, 6.07) is 42.7. The molecule has 10 aromatic rings. The van der Waals surface area contributed by atoms with Gasteiger partial charge in [-0.05, 0) is 98.0 Å². The van der Waals surface area contributed by atoms with E-state index >= 15 is 0 Å². The van der Waals surface area contributed by atoms with E-state index in [-0.39, 0.29) is 11.3 Å². The van der Waals surface area contributed by atoms with Gasteiger partial charge in [-0.1, -0.05) is 151 Å². The van der Waals surface area contributed by atoms with Crippen molar-refractivity contribution < 1.29 is 16.8 Å². The average molecular weight is 673 g/mol. The molecule has 0 aliphatic carbocycles. The highest BCUT2D eigenvalue weighted by molar-refractivity contribution is 6.19. The summed E-state index contributed by atoms with van der Waals surface area (Å²) >= 11 is 0. The summed E-state index contributed by atoms with van der Waals surface area (Å²) in [5.41, 5.74) is 5.45. The molecule has 9 aromatic carbocycles. The van der Waals surface area contributed by atoms with Crippen molar-refractivity contribution in [3.05, 3.63) is 200 Å². The topological polar surface area (TPSA) is 16.4 Å². The van der Waals surface area contributed by atoms with Crippen molar-refractivity contribution in [1.82, 2.24) is 0 Å². The maximum atomic E-state index is 9.47. The molecule has 0 aliphatic heterocycles. The van der Waals surface area contributed by atoms with Crippen LogP contribution in [0.1, 0.15) is 12.3 Å². The number of rotatable bonds is 6. The lowest BCUT2D eigenvalue weighted by atomic mass is 9.97. The second-order valence-corrected chi connectivity index (χ2v) is 12.6. The van der Waals surface area contributed by atoms with E-state index in [9.17, 15) is 5.48 Å². The highest BCUT2D eigenvalue weighted by Crippen LogP contribution is 2.42. The van der Waals surface area contributed by atoms with Crippen LogP contribution in [-0.4, -0.2) is 0 Å². The first-order valence-corrected chi connectivity index (χ1v) is 17.0. The third-order valence-electron chi connectivity index (χ3n) is 9.61. The van der Waals surface area contributed by atoms with Crippen molar-refractivity contribution in [3.63, 3.8) is 0 Å². The summed E-state index contributed by atoms with van der Waals surface area (Å²) in [6.07, 6.45) is 0. The number of hydrogen-bond acceptors (Lipinski definition) is 2. The molecule has 2 nitrogen and oxygen atoms in total. The van der Waals surface area contributed by atoms with Gasteiger partial charge in [-0.3, -0.25) is 0 Å². The van der Waals surface area contributed by atoms with Crippen molar-refractivity contribution >= 4 is 60.5 Å². The minimum absolute atomic E-state index is 0.0698. The Hall–Kier alpha value is -6.90. The molecule has 0 atom stereocenters. The fourth-order valence-corrected chi connectivity index (χ4v) is 7.20. The van der Waals surface area contributed by atoms with Gasteiger partial charge < -0.3 is 9.32 Å². The summed E-state index contributed by atoms with van der Waals surface area (Å²) < 4.78 is 85.8. The molecular formula is C50H33NO. The van der Waals surface area contributed by atoms with Gasteiger partial charge in [0.1, 0.15) is 11.2 Å². The third kappa shape index (κ3) is 5.12. The van der Waals surface area contributed by atoms with Gasteiger partial charge in [0.2, 0.25) is 0 Å². The van der Waals surface area contributed by atoms with Crippen LogP contribution < -0.4 is 4.90 Å². The van der Waals surface area contributed by atoms with E-state index in [1.807, 2.05) is 103 Å². The molecule has 0 bridgehead atoms. The first-order valence-electron chi connectivity index (χ1n) is 21.5. The van der Waals surface area contributed by atoms with Gasteiger partial charge >= 0.3 is 0 Å². The second kappa shape index (κ2) is 12.5. The van der Waals surface area contributed by atoms with Crippen molar-refractivity contribution in [2.75, 3.05) is 4.90 Å². The monoisotopic (exact) mass is 672 g/mol. The van der Waals surface area contributed by atoms with Gasteiger partial charge in [-0.25, -0.2) is 0 Å². The van der Waals surface area contributed by atoms with Crippen LogP contribution in [0.3, 0.4) is 0 Å². The summed E-state index contributed by atoms with van der Waals surface area (Å²) in [5, 5.41) is 6.14. The standard InChI is InChI=1S/C50H33NO/c1-2-11-34(12-3-1)35-23-28-40(29-24-35)51(41-30-25-38(26-31-41)44-20-9-15-36-13-4-6-18-43(36)44)42-17-8-16-39(33-42)45-21-10-22-48-49(45)47-32-27-37-14-5-7-19-46(37)50(47)52-48/h1-33H/i1D,2D,3D,11D,12D,23D,24D,28D,29D. The largest absolute Gasteiger partial charge is 0.455 e. The second-order valence-electron chi connectivity index (χ2n) is 12.6. The minimum Gasteiger partial charge on any atom is -0.455 e. The van der Waals surface area contributed by atoms with Crippen LogP contribution in [-0.2, 0) is 0 Å². The van der Waals surface area contributed by atoms with E-state index in [0.717, 1.165) is 65.7 Å². The first kappa shape index (κ1) is 22.0. The summed E-state index contributed by atoms with van der Waals surface area (Å²) in [7, 11) is 0. The minimum atomic E-state index is -0.629. The highest BCUT2D eigenvalue weighted by Gasteiger charge is 2.18. The Morgan fingerprint density at radius 1 is 0.404 bits per heavy atom. The molecule has 0 radical (unpaired) electrons. The lowest BCUT2D eigenvalue weighted by Crippen LogP contribution is -2.10. The number of hydrogen-bond donors (Lipinski definition) is 0. The van der Waals surface area contributed by atoms with Crippen molar-refractivity contribution in [3.8, 4) is 33.4 Å². The number of furan rings is 1. The van der Waals surface area contributed by atoms with Gasteiger partial charge in [0, 0.05) is 33.2 Å². The summed E-state index contributed by atoms with van der Waals surface area (Å²) in [5.74, 6) is 0. The zero-order valence-electron chi connectivity index (χ0n) is 36.7. The molecule has 0 saturated carbocycles. The van der Waals surface area contributed by atoms with Crippen molar-refractivity contribution in [2.24, 2.45) is 0 Å². The normalized spacial score (nSPS) is 13.9. The van der Waals surface area contributed by atoms with Crippen LogP contribution in [0.25, 0.3) is 76.9 Å². The average Bonchev–Trinajstić information content (AvgIpc) is 3.69. The van der Waals surface area contributed by atoms with Gasteiger partial charge in [0.05, 0.1) is 12.3 Å². The summed E-state index contributed by atoms with van der Waals surface area (Å²) in [4.78, 5) is 1.68. The molecule has 0 aliphatic rings. The van der Waals surface area contributed by atoms with E-state index < -0.39 is 59.9 Å². The maximum Gasteiger partial charge on any atom is 0.143 e. The Morgan fingerprint density at radius 2 is 1.08 bits per heavy atom. The molecule has 52 heavy (non-hydrogen) atoms. The van der Waals surface area contributed by atoms with E-state index in [2.05, 4.69) is 42.5 Å². The zero-order chi connectivity index (χ0) is 42.3. The fraction of sp³-hybridized carbons (Fsp3) is 0. The Labute approximate surface area is 315 Å². The molecule has 10 rings (SSSR count). The third-order valence-corrected chi connectivity index (χ3v) is 9.61. The fourth-order valence-electron chi connectivity index (χ4n) is 7.20. The maximum absolute atomic E-state index is 9.47. The molecule has 1 aromatic heterocycles. The molecular weight excluding hydrogens is 631 g/mol. The number of benzene rings is 9. The van der Waals surface area contributed by atoms with Crippen molar-refractivity contribution in [2.45, 2.75) is 0 Å². The molecule has 0 saturated heterocycles. The first-order chi connectivity index (χ1) is 29.5. The van der Waals surface area contributed by atoms with Crippen molar-refractivity contribution in [1.29, 1.82) is 0 Å². The zero-order valence-corrected chi connectivity index (χ0v) is 27.7. The van der Waals surface area contributed by atoms with Crippen LogP contribution in [0.4, 0.5) is 17.1 Å². The Morgan fingerprint density at radius 3 is 1.90 bits per heavy atom. The van der Waals surface area contributed by atoms with Crippen LogP contribution >= 0.6 is 0 Å². The van der Waals surface area contributed by atoms with Crippen LogP contribution in [0.2, 0.25) is 0 Å². The Kier molecular flexibility index (Phi) is 5.28. The van der Waals surface area contributed by atoms with Gasteiger partial charge in [-0.15, -0.1) is 0 Å². The van der Waals surface area contributed by atoms with E-state index in [1.54, 1.807) is 4.90 Å². The quantitative estimate of drug-likeness (QED) is 0.175. The van der Waals surface area contributed by atoms with E-state index in [1.165, 1.54) is 0 Å². The smallest absolute Gasteiger partial charge is 0.143 e. The Balaban J connectivity index is 1.19. The number of fused-ring (bicyclic) bond motifs is 6. The predicted octanol–water partition coefficient (Wildman–Crippen LogP) is 14.4. The number of nitrogens with zero attached hydrogens (tertiary/aromatic N) is 1. The molecule has 244 valence electrons. The lowest BCUT2D eigenvalue weighted by Gasteiger charge is -2.26. The molecule has 0 amide bonds. The van der Waals surface area contributed by atoms with E-state index in [0.29, 0.717) is 11.4 Å². The molecule has 0 N–H and O–H groups in total. The lowest BCUT2D eigenvalue weighted by molar-refractivity contribution is 0.673. The molecule has 1 heterocycles. The van der Waals surface area contributed by atoms with Crippen LogP contribution in [0.15, 0.2) is 204 Å². The molecule has 0 spiro atoms. The Bertz CT molecular complexity index is 3370.